The van der Waals surface area contributed by atoms with E-state index in [1.807, 2.05) is 6.07 Å². The van der Waals surface area contributed by atoms with Crippen molar-refractivity contribution in [3.63, 3.8) is 0 Å². The van der Waals surface area contributed by atoms with E-state index in [1.54, 1.807) is 0 Å². The first-order valence-corrected chi connectivity index (χ1v) is 6.70. The first-order chi connectivity index (χ1) is 8.85. The standard InChI is InChI=1S/C14H18N2O2/c1-2-12-13(18-10-17-12)7-11(1)16-6-4-14(9-16)3-5-15-8-14/h1-2,7,15H,3-6,8-10H2. The van der Waals surface area contributed by atoms with E-state index < -0.39 is 0 Å². The fourth-order valence-electron chi connectivity index (χ4n) is 3.38. The number of benzene rings is 1. The molecule has 0 saturated carbocycles. The lowest BCUT2D eigenvalue weighted by atomic mass is 9.86. The van der Waals surface area contributed by atoms with E-state index >= 15 is 0 Å². The smallest absolute Gasteiger partial charge is 0.231 e. The maximum absolute atomic E-state index is 5.45. The topological polar surface area (TPSA) is 33.7 Å². The van der Waals surface area contributed by atoms with Gasteiger partial charge in [-0.25, -0.2) is 0 Å². The zero-order chi connectivity index (χ0) is 12.0. The van der Waals surface area contributed by atoms with E-state index in [0.29, 0.717) is 12.2 Å². The molecular weight excluding hydrogens is 228 g/mol. The minimum absolute atomic E-state index is 0.354. The number of hydrogen-bond acceptors (Lipinski definition) is 4. The second kappa shape index (κ2) is 3.79. The lowest BCUT2D eigenvalue weighted by molar-refractivity contribution is 0.174. The third-order valence-corrected chi connectivity index (χ3v) is 4.49. The Morgan fingerprint density at radius 2 is 2.11 bits per heavy atom. The summed E-state index contributed by atoms with van der Waals surface area (Å²) in [4.78, 5) is 2.48. The first kappa shape index (κ1) is 10.5. The molecule has 1 spiro atoms. The van der Waals surface area contributed by atoms with Gasteiger partial charge in [0.25, 0.3) is 0 Å². The van der Waals surface area contributed by atoms with Crippen LogP contribution in [-0.4, -0.2) is 33.0 Å². The van der Waals surface area contributed by atoms with Crippen LogP contribution < -0.4 is 19.7 Å². The highest BCUT2D eigenvalue weighted by Crippen LogP contribution is 2.41. The predicted molar refractivity (Wildman–Crippen MR) is 69.3 cm³/mol. The summed E-state index contributed by atoms with van der Waals surface area (Å²) < 4.78 is 10.8. The number of ether oxygens (including phenoxy) is 2. The number of anilines is 1. The van der Waals surface area contributed by atoms with Crippen LogP contribution in [0.25, 0.3) is 0 Å². The molecule has 4 rings (SSSR count). The summed E-state index contributed by atoms with van der Waals surface area (Å²) in [7, 11) is 0. The molecule has 96 valence electrons. The van der Waals surface area contributed by atoms with Gasteiger partial charge in [0.1, 0.15) is 0 Å². The Kier molecular flexibility index (Phi) is 2.21. The van der Waals surface area contributed by atoms with Gasteiger partial charge in [-0.15, -0.1) is 0 Å². The highest BCUT2D eigenvalue weighted by molar-refractivity contribution is 5.58. The van der Waals surface area contributed by atoms with Crippen molar-refractivity contribution in [3.8, 4) is 11.5 Å². The SMILES string of the molecule is c1cc2c(cc1N1CCC3(CCNC3)C1)OCO2. The average Bonchev–Trinajstić information content (AvgIpc) is 3.11. The molecule has 0 radical (unpaired) electrons. The van der Waals surface area contributed by atoms with Crippen LogP contribution in [0.5, 0.6) is 11.5 Å². The van der Waals surface area contributed by atoms with E-state index in [2.05, 4.69) is 22.3 Å². The Labute approximate surface area is 107 Å². The molecule has 1 atom stereocenters. The summed E-state index contributed by atoms with van der Waals surface area (Å²) in [5.41, 5.74) is 1.78. The second-order valence-electron chi connectivity index (χ2n) is 5.64. The monoisotopic (exact) mass is 246 g/mol. The van der Waals surface area contributed by atoms with Gasteiger partial charge < -0.3 is 19.7 Å². The molecule has 0 bridgehead atoms. The van der Waals surface area contributed by atoms with Crippen molar-refractivity contribution in [2.24, 2.45) is 5.41 Å². The van der Waals surface area contributed by atoms with Gasteiger partial charge in [-0.05, 0) is 31.5 Å². The summed E-state index contributed by atoms with van der Waals surface area (Å²) in [5, 5.41) is 3.50. The Hall–Kier alpha value is -1.42. The Bertz CT molecular complexity index is 469. The Balaban J connectivity index is 1.57. The fourth-order valence-corrected chi connectivity index (χ4v) is 3.38. The lowest BCUT2D eigenvalue weighted by Crippen LogP contribution is -2.29. The largest absolute Gasteiger partial charge is 0.454 e. The van der Waals surface area contributed by atoms with Gasteiger partial charge in [0.2, 0.25) is 6.79 Å². The fraction of sp³-hybridized carbons (Fsp3) is 0.571. The van der Waals surface area contributed by atoms with Crippen LogP contribution in [0.15, 0.2) is 18.2 Å². The maximum atomic E-state index is 5.45. The molecule has 0 aromatic heterocycles. The molecule has 2 saturated heterocycles. The Morgan fingerprint density at radius 3 is 3.00 bits per heavy atom. The first-order valence-electron chi connectivity index (χ1n) is 6.70. The normalized spacial score (nSPS) is 29.4. The van der Waals surface area contributed by atoms with Crippen LogP contribution in [0.1, 0.15) is 12.8 Å². The molecule has 0 aliphatic carbocycles. The van der Waals surface area contributed by atoms with E-state index in [-0.39, 0.29) is 0 Å². The second-order valence-corrected chi connectivity index (χ2v) is 5.64. The van der Waals surface area contributed by atoms with Crippen LogP contribution >= 0.6 is 0 Å². The summed E-state index contributed by atoms with van der Waals surface area (Å²) in [6, 6.07) is 6.29. The third kappa shape index (κ3) is 1.56. The van der Waals surface area contributed by atoms with Crippen LogP contribution in [0.3, 0.4) is 0 Å². The van der Waals surface area contributed by atoms with Gasteiger partial charge in [-0.1, -0.05) is 0 Å². The van der Waals surface area contributed by atoms with Gasteiger partial charge in [-0.2, -0.15) is 0 Å². The third-order valence-electron chi connectivity index (χ3n) is 4.49. The van der Waals surface area contributed by atoms with Gasteiger partial charge in [0.15, 0.2) is 11.5 Å². The van der Waals surface area contributed by atoms with Crippen molar-refractivity contribution in [3.05, 3.63) is 18.2 Å². The van der Waals surface area contributed by atoms with Crippen molar-refractivity contribution in [2.75, 3.05) is 37.9 Å². The number of nitrogens with one attached hydrogen (secondary N) is 1. The van der Waals surface area contributed by atoms with E-state index in [4.69, 9.17) is 9.47 Å². The van der Waals surface area contributed by atoms with Crippen LogP contribution in [0.4, 0.5) is 5.69 Å². The molecule has 3 heterocycles. The molecule has 1 aromatic carbocycles. The summed E-state index contributed by atoms with van der Waals surface area (Å²) in [5.74, 6) is 1.76. The molecule has 4 nitrogen and oxygen atoms in total. The predicted octanol–water partition coefficient (Wildman–Crippen LogP) is 1.61. The van der Waals surface area contributed by atoms with Crippen molar-refractivity contribution in [1.82, 2.24) is 5.32 Å². The molecule has 3 aliphatic rings. The molecule has 1 unspecified atom stereocenters. The molecule has 4 heteroatoms. The molecule has 0 amide bonds. The molecule has 3 aliphatic heterocycles. The quantitative estimate of drug-likeness (QED) is 0.816. The number of nitrogens with zero attached hydrogens (tertiary/aromatic N) is 1. The molecule has 1 aromatic rings. The summed E-state index contributed by atoms with van der Waals surface area (Å²) >= 11 is 0. The highest BCUT2D eigenvalue weighted by atomic mass is 16.7. The minimum atomic E-state index is 0.354. The van der Waals surface area contributed by atoms with Crippen molar-refractivity contribution >= 4 is 5.69 Å². The van der Waals surface area contributed by atoms with Crippen LogP contribution in [0, 0.1) is 5.41 Å². The number of hydrogen-bond donors (Lipinski definition) is 1. The van der Waals surface area contributed by atoms with Crippen molar-refractivity contribution in [1.29, 1.82) is 0 Å². The highest BCUT2D eigenvalue weighted by Gasteiger charge is 2.40. The van der Waals surface area contributed by atoms with Crippen molar-refractivity contribution in [2.45, 2.75) is 12.8 Å². The van der Waals surface area contributed by atoms with E-state index in [9.17, 15) is 0 Å². The summed E-state index contributed by atoms with van der Waals surface area (Å²) in [6.45, 7) is 5.02. The number of rotatable bonds is 1. The molecule has 1 N–H and O–H groups in total. The van der Waals surface area contributed by atoms with Gasteiger partial charge in [0.05, 0.1) is 0 Å². The molecule has 2 fully saturated rings. The average molecular weight is 246 g/mol. The van der Waals surface area contributed by atoms with Crippen molar-refractivity contribution < 1.29 is 9.47 Å². The van der Waals surface area contributed by atoms with Gasteiger partial charge >= 0.3 is 0 Å². The van der Waals surface area contributed by atoms with E-state index in [1.165, 1.54) is 38.2 Å². The summed E-state index contributed by atoms with van der Waals surface area (Å²) in [6.07, 6.45) is 2.61. The van der Waals surface area contributed by atoms with Gasteiger partial charge in [-0.3, -0.25) is 0 Å². The van der Waals surface area contributed by atoms with Crippen LogP contribution in [-0.2, 0) is 0 Å². The lowest BCUT2D eigenvalue weighted by Gasteiger charge is -2.24. The molecular formula is C14H18N2O2. The van der Waals surface area contributed by atoms with Crippen LogP contribution in [0.2, 0.25) is 0 Å². The number of fused-ring (bicyclic) bond motifs is 1. The zero-order valence-electron chi connectivity index (χ0n) is 10.4. The Morgan fingerprint density at radius 1 is 1.17 bits per heavy atom. The van der Waals surface area contributed by atoms with Gasteiger partial charge in [0, 0.05) is 36.8 Å². The van der Waals surface area contributed by atoms with E-state index in [0.717, 1.165) is 18.0 Å². The zero-order valence-corrected chi connectivity index (χ0v) is 10.4. The maximum Gasteiger partial charge on any atom is 0.231 e. The molecule has 18 heavy (non-hydrogen) atoms. The minimum Gasteiger partial charge on any atom is -0.454 e.